The largest absolute Gasteiger partial charge is 0.497 e. The van der Waals surface area contributed by atoms with Crippen molar-refractivity contribution in [2.45, 2.75) is 19.1 Å². The third kappa shape index (κ3) is 3.46. The van der Waals surface area contributed by atoms with E-state index in [2.05, 4.69) is 0 Å². The first kappa shape index (κ1) is 16.2. The van der Waals surface area contributed by atoms with E-state index in [-0.39, 0.29) is 24.3 Å². The second-order valence-electron chi connectivity index (χ2n) is 5.67. The van der Waals surface area contributed by atoms with Gasteiger partial charge in [0.1, 0.15) is 5.75 Å². The molecular weight excluding hydrogens is 306 g/mol. The summed E-state index contributed by atoms with van der Waals surface area (Å²) in [6, 6.07) is 16.0. The number of anilines is 1. The molecule has 0 aromatic heterocycles. The molecule has 0 saturated carbocycles. The van der Waals surface area contributed by atoms with Crippen LogP contribution in [0.1, 0.15) is 17.3 Å². The topological polar surface area (TPSA) is 59.1 Å². The Labute approximate surface area is 140 Å². The minimum absolute atomic E-state index is 0.0260. The smallest absolute Gasteiger partial charge is 0.259 e. The molecule has 24 heavy (non-hydrogen) atoms. The first-order chi connectivity index (χ1) is 11.6. The van der Waals surface area contributed by atoms with Gasteiger partial charge in [0.25, 0.3) is 5.91 Å². The van der Waals surface area contributed by atoms with Crippen molar-refractivity contribution >= 4 is 17.4 Å². The van der Waals surface area contributed by atoms with Gasteiger partial charge in [-0.25, -0.2) is 0 Å². The number of epoxide rings is 1. The summed E-state index contributed by atoms with van der Waals surface area (Å²) >= 11 is 0. The zero-order valence-corrected chi connectivity index (χ0v) is 13.6. The lowest BCUT2D eigenvalue weighted by Crippen LogP contribution is -2.39. The number of ether oxygens (including phenoxy) is 2. The Morgan fingerprint density at radius 1 is 1.08 bits per heavy atom. The highest BCUT2D eigenvalue weighted by Crippen LogP contribution is 2.27. The summed E-state index contributed by atoms with van der Waals surface area (Å²) in [6.07, 6.45) is -0.583. The SMILES string of the molecule is COc1ccc(N(CC(=O)c2ccccc2)C(=O)[C@@H]2O[C@@H]2C)cc1. The molecule has 0 aliphatic carbocycles. The van der Waals surface area contributed by atoms with Crippen LogP contribution in [-0.4, -0.2) is 37.6 Å². The highest BCUT2D eigenvalue weighted by Gasteiger charge is 2.44. The fourth-order valence-electron chi connectivity index (χ4n) is 2.52. The Balaban J connectivity index is 1.84. The van der Waals surface area contributed by atoms with Crippen LogP contribution in [0.5, 0.6) is 5.75 Å². The summed E-state index contributed by atoms with van der Waals surface area (Å²) < 4.78 is 10.4. The van der Waals surface area contributed by atoms with Gasteiger partial charge in [-0.2, -0.15) is 0 Å². The Morgan fingerprint density at radius 3 is 2.25 bits per heavy atom. The molecule has 1 aliphatic heterocycles. The average molecular weight is 325 g/mol. The lowest BCUT2D eigenvalue weighted by molar-refractivity contribution is -0.119. The number of nitrogens with zero attached hydrogens (tertiary/aromatic N) is 1. The molecule has 0 spiro atoms. The molecule has 1 heterocycles. The maximum atomic E-state index is 12.7. The first-order valence-electron chi connectivity index (χ1n) is 7.79. The molecule has 0 unspecified atom stereocenters. The molecule has 2 atom stereocenters. The molecule has 5 nitrogen and oxygen atoms in total. The minimum Gasteiger partial charge on any atom is -0.497 e. The van der Waals surface area contributed by atoms with Gasteiger partial charge >= 0.3 is 0 Å². The van der Waals surface area contributed by atoms with E-state index in [9.17, 15) is 9.59 Å². The van der Waals surface area contributed by atoms with Crippen molar-refractivity contribution in [1.82, 2.24) is 0 Å². The third-order valence-electron chi connectivity index (χ3n) is 4.00. The molecule has 2 aromatic carbocycles. The fourth-order valence-corrected chi connectivity index (χ4v) is 2.52. The van der Waals surface area contributed by atoms with Crippen LogP contribution in [0.25, 0.3) is 0 Å². The molecule has 0 N–H and O–H groups in total. The van der Waals surface area contributed by atoms with Gasteiger partial charge in [0.05, 0.1) is 19.8 Å². The van der Waals surface area contributed by atoms with Crippen LogP contribution in [-0.2, 0) is 9.53 Å². The van der Waals surface area contributed by atoms with Crippen molar-refractivity contribution in [3.8, 4) is 5.75 Å². The van der Waals surface area contributed by atoms with Gasteiger partial charge in [-0.1, -0.05) is 30.3 Å². The van der Waals surface area contributed by atoms with Crippen molar-refractivity contribution in [3.63, 3.8) is 0 Å². The van der Waals surface area contributed by atoms with Crippen LogP contribution in [0.2, 0.25) is 0 Å². The predicted octanol–water partition coefficient (Wildman–Crippen LogP) is 2.70. The minimum atomic E-state index is -0.476. The van der Waals surface area contributed by atoms with Gasteiger partial charge < -0.3 is 14.4 Å². The molecule has 2 aromatic rings. The van der Waals surface area contributed by atoms with Crippen LogP contribution >= 0.6 is 0 Å². The number of amides is 1. The number of carbonyl (C=O) groups excluding carboxylic acids is 2. The summed E-state index contributed by atoms with van der Waals surface area (Å²) in [4.78, 5) is 26.7. The van der Waals surface area contributed by atoms with Crippen LogP contribution < -0.4 is 9.64 Å². The standard InChI is InChI=1S/C19H19NO4/c1-13-18(24-13)19(22)20(15-8-10-16(23-2)11-9-15)12-17(21)14-6-4-3-5-7-14/h3-11,13,18H,12H2,1-2H3/t13-,18-/m1/s1. The number of hydrogen-bond acceptors (Lipinski definition) is 4. The maximum Gasteiger partial charge on any atom is 0.259 e. The van der Waals surface area contributed by atoms with Gasteiger partial charge in [0.2, 0.25) is 0 Å². The average Bonchev–Trinajstić information content (AvgIpc) is 3.36. The normalized spacial score (nSPS) is 18.8. The Morgan fingerprint density at radius 2 is 1.71 bits per heavy atom. The van der Waals surface area contributed by atoms with E-state index in [1.807, 2.05) is 13.0 Å². The Bertz CT molecular complexity index is 727. The summed E-state index contributed by atoms with van der Waals surface area (Å²) in [7, 11) is 1.58. The van der Waals surface area contributed by atoms with Crippen LogP contribution in [0, 0.1) is 0 Å². The van der Waals surface area contributed by atoms with Gasteiger partial charge in [-0.3, -0.25) is 9.59 Å². The maximum absolute atomic E-state index is 12.7. The monoisotopic (exact) mass is 325 g/mol. The lowest BCUT2D eigenvalue weighted by atomic mass is 10.1. The molecule has 0 radical (unpaired) electrons. The summed E-state index contributed by atoms with van der Waals surface area (Å²) in [6.45, 7) is 1.82. The number of benzene rings is 2. The first-order valence-corrected chi connectivity index (χ1v) is 7.79. The number of carbonyl (C=O) groups is 2. The van der Waals surface area contributed by atoms with Gasteiger partial charge in [-0.15, -0.1) is 0 Å². The number of methoxy groups -OCH3 is 1. The van der Waals surface area contributed by atoms with E-state index in [4.69, 9.17) is 9.47 Å². The quantitative estimate of drug-likeness (QED) is 0.605. The van der Waals surface area contributed by atoms with Crippen molar-refractivity contribution in [3.05, 3.63) is 60.2 Å². The summed E-state index contributed by atoms with van der Waals surface area (Å²) in [5.74, 6) is 0.376. The molecule has 1 amide bonds. The van der Waals surface area contributed by atoms with E-state index >= 15 is 0 Å². The van der Waals surface area contributed by atoms with Crippen molar-refractivity contribution in [2.75, 3.05) is 18.6 Å². The third-order valence-corrected chi connectivity index (χ3v) is 4.00. The molecule has 124 valence electrons. The number of Topliss-reactive ketones (excluding diaryl/α,β-unsaturated/α-hetero) is 1. The van der Waals surface area contributed by atoms with Crippen molar-refractivity contribution in [2.24, 2.45) is 0 Å². The summed E-state index contributed by atoms with van der Waals surface area (Å²) in [5, 5.41) is 0. The second-order valence-corrected chi connectivity index (χ2v) is 5.67. The van der Waals surface area contributed by atoms with E-state index in [0.29, 0.717) is 17.0 Å². The molecule has 1 aliphatic rings. The number of rotatable bonds is 6. The molecule has 1 saturated heterocycles. The van der Waals surface area contributed by atoms with Crippen molar-refractivity contribution < 1.29 is 19.1 Å². The molecule has 5 heteroatoms. The molecule has 0 bridgehead atoms. The number of ketones is 1. The van der Waals surface area contributed by atoms with E-state index in [0.717, 1.165) is 0 Å². The number of hydrogen-bond donors (Lipinski definition) is 0. The zero-order chi connectivity index (χ0) is 17.1. The van der Waals surface area contributed by atoms with Crippen LogP contribution in [0.15, 0.2) is 54.6 Å². The van der Waals surface area contributed by atoms with E-state index in [1.54, 1.807) is 55.6 Å². The van der Waals surface area contributed by atoms with E-state index < -0.39 is 6.10 Å². The fraction of sp³-hybridized carbons (Fsp3) is 0.263. The van der Waals surface area contributed by atoms with E-state index in [1.165, 1.54) is 4.90 Å². The lowest BCUT2D eigenvalue weighted by Gasteiger charge is -2.22. The predicted molar refractivity (Wildman–Crippen MR) is 90.5 cm³/mol. The summed E-state index contributed by atoms with van der Waals surface area (Å²) in [5.41, 5.74) is 1.22. The van der Waals surface area contributed by atoms with Crippen LogP contribution in [0.4, 0.5) is 5.69 Å². The second kappa shape index (κ2) is 6.84. The molecule has 1 fully saturated rings. The van der Waals surface area contributed by atoms with Crippen molar-refractivity contribution in [1.29, 1.82) is 0 Å². The van der Waals surface area contributed by atoms with Crippen LogP contribution in [0.3, 0.4) is 0 Å². The Hall–Kier alpha value is -2.66. The Kier molecular flexibility index (Phi) is 4.62. The highest BCUT2D eigenvalue weighted by atomic mass is 16.6. The highest BCUT2D eigenvalue weighted by molar-refractivity contribution is 6.07. The molecule has 3 rings (SSSR count). The zero-order valence-electron chi connectivity index (χ0n) is 13.6. The molecular formula is C19H19NO4. The van der Waals surface area contributed by atoms with Gasteiger partial charge in [0.15, 0.2) is 11.9 Å². The van der Waals surface area contributed by atoms with Gasteiger partial charge in [0, 0.05) is 11.3 Å². The van der Waals surface area contributed by atoms with Gasteiger partial charge in [-0.05, 0) is 31.2 Å².